The molecule has 3 rings (SSSR count). The van der Waals surface area contributed by atoms with Gasteiger partial charge in [0.05, 0.1) is 12.1 Å². The van der Waals surface area contributed by atoms with Crippen LogP contribution in [0.1, 0.15) is 30.0 Å². The maximum absolute atomic E-state index is 12.6. The third-order valence-electron chi connectivity index (χ3n) is 5.02. The van der Waals surface area contributed by atoms with Gasteiger partial charge in [0.2, 0.25) is 5.91 Å². The van der Waals surface area contributed by atoms with Gasteiger partial charge in [-0.3, -0.25) is 4.79 Å². The molecule has 6 nitrogen and oxygen atoms in total. The molecule has 1 fully saturated rings. The monoisotopic (exact) mass is 331 g/mol. The van der Waals surface area contributed by atoms with Crippen LogP contribution >= 0.6 is 0 Å². The number of aliphatic hydroxyl groups is 1. The summed E-state index contributed by atoms with van der Waals surface area (Å²) in [7, 11) is 3.47. The second kappa shape index (κ2) is 6.81. The minimum atomic E-state index is -0.568. The number of amides is 3. The molecule has 1 saturated heterocycles. The third kappa shape index (κ3) is 3.24. The third-order valence-corrected chi connectivity index (χ3v) is 5.02. The molecule has 1 aliphatic carbocycles. The van der Waals surface area contributed by atoms with E-state index < -0.39 is 6.10 Å². The lowest BCUT2D eigenvalue weighted by Gasteiger charge is -2.33. The van der Waals surface area contributed by atoms with Crippen molar-refractivity contribution in [2.24, 2.45) is 5.92 Å². The van der Waals surface area contributed by atoms with Crippen molar-refractivity contribution in [2.75, 3.05) is 27.2 Å². The Morgan fingerprint density at radius 3 is 2.54 bits per heavy atom. The number of benzene rings is 1. The van der Waals surface area contributed by atoms with Gasteiger partial charge in [-0.05, 0) is 24.0 Å². The quantitative estimate of drug-likeness (QED) is 0.854. The molecule has 0 spiro atoms. The molecular weight excluding hydrogens is 306 g/mol. The SMILES string of the molecule is CN(C)C(=O)N1CCC(C(=O)N[C@@H]2c3ccccc3C[C@@H]2O)CC1. The number of carbonyl (C=O) groups is 2. The van der Waals surface area contributed by atoms with Gasteiger partial charge >= 0.3 is 6.03 Å². The zero-order chi connectivity index (χ0) is 17.3. The number of carbonyl (C=O) groups excluding carboxylic acids is 2. The molecule has 1 heterocycles. The van der Waals surface area contributed by atoms with Crippen LogP contribution in [0, 0.1) is 5.92 Å². The standard InChI is InChI=1S/C18H25N3O3/c1-20(2)18(24)21-9-7-12(8-10-21)17(23)19-16-14-6-4-3-5-13(14)11-15(16)22/h3-6,12,15-16,22H,7-11H2,1-2H3,(H,19,23)/t15-,16+/m0/s1. The van der Waals surface area contributed by atoms with E-state index >= 15 is 0 Å². The van der Waals surface area contributed by atoms with Gasteiger partial charge in [0.1, 0.15) is 0 Å². The molecule has 2 aliphatic rings. The lowest BCUT2D eigenvalue weighted by atomic mass is 9.95. The van der Waals surface area contributed by atoms with Crippen LogP contribution in [0.25, 0.3) is 0 Å². The number of aliphatic hydroxyl groups excluding tert-OH is 1. The average molecular weight is 331 g/mol. The Bertz CT molecular complexity index is 624. The molecule has 0 aromatic heterocycles. The number of rotatable bonds is 2. The van der Waals surface area contributed by atoms with Crippen LogP contribution in [0.4, 0.5) is 4.79 Å². The Balaban J connectivity index is 1.58. The minimum absolute atomic E-state index is 0.00555. The molecule has 0 bridgehead atoms. The number of nitrogens with zero attached hydrogens (tertiary/aromatic N) is 2. The second-order valence-corrected chi connectivity index (χ2v) is 6.89. The van der Waals surface area contributed by atoms with Gasteiger partial charge in [-0.2, -0.15) is 0 Å². The molecule has 130 valence electrons. The first kappa shape index (κ1) is 16.8. The van der Waals surface area contributed by atoms with Crippen molar-refractivity contribution in [3.8, 4) is 0 Å². The van der Waals surface area contributed by atoms with Gasteiger partial charge in [0, 0.05) is 39.5 Å². The van der Waals surface area contributed by atoms with Crippen LogP contribution in [0.2, 0.25) is 0 Å². The second-order valence-electron chi connectivity index (χ2n) is 6.89. The predicted molar refractivity (Wildman–Crippen MR) is 90.4 cm³/mol. The van der Waals surface area contributed by atoms with Crippen LogP contribution in [0.15, 0.2) is 24.3 Å². The van der Waals surface area contributed by atoms with Crippen molar-refractivity contribution >= 4 is 11.9 Å². The van der Waals surface area contributed by atoms with Gasteiger partial charge in [-0.15, -0.1) is 0 Å². The maximum Gasteiger partial charge on any atom is 0.319 e. The first-order chi connectivity index (χ1) is 11.5. The summed E-state index contributed by atoms with van der Waals surface area (Å²) in [5.74, 6) is -0.121. The van der Waals surface area contributed by atoms with E-state index in [-0.39, 0.29) is 23.9 Å². The van der Waals surface area contributed by atoms with E-state index in [0.717, 1.165) is 11.1 Å². The van der Waals surface area contributed by atoms with Crippen LogP contribution in [0.3, 0.4) is 0 Å². The fourth-order valence-corrected chi connectivity index (χ4v) is 3.63. The Hall–Kier alpha value is -2.08. The van der Waals surface area contributed by atoms with Gasteiger partial charge in [-0.1, -0.05) is 24.3 Å². The van der Waals surface area contributed by atoms with E-state index in [0.29, 0.717) is 32.4 Å². The summed E-state index contributed by atoms with van der Waals surface area (Å²) in [6.07, 6.45) is 1.34. The number of nitrogens with one attached hydrogen (secondary N) is 1. The summed E-state index contributed by atoms with van der Waals surface area (Å²) >= 11 is 0. The van der Waals surface area contributed by atoms with Crippen molar-refractivity contribution in [3.05, 3.63) is 35.4 Å². The number of hydrogen-bond donors (Lipinski definition) is 2. The molecular formula is C18H25N3O3. The van der Waals surface area contributed by atoms with Crippen molar-refractivity contribution in [3.63, 3.8) is 0 Å². The highest BCUT2D eigenvalue weighted by molar-refractivity contribution is 5.80. The molecule has 1 aromatic carbocycles. The highest BCUT2D eigenvalue weighted by Crippen LogP contribution is 2.32. The van der Waals surface area contributed by atoms with Crippen molar-refractivity contribution in [2.45, 2.75) is 31.4 Å². The smallest absolute Gasteiger partial charge is 0.319 e. The van der Waals surface area contributed by atoms with E-state index in [1.54, 1.807) is 23.9 Å². The number of hydrogen-bond acceptors (Lipinski definition) is 3. The van der Waals surface area contributed by atoms with E-state index in [2.05, 4.69) is 5.32 Å². The van der Waals surface area contributed by atoms with Gasteiger partial charge in [-0.25, -0.2) is 4.79 Å². The molecule has 6 heteroatoms. The lowest BCUT2D eigenvalue weighted by molar-refractivity contribution is -0.127. The number of piperidine rings is 1. The average Bonchev–Trinajstić information content (AvgIpc) is 2.90. The van der Waals surface area contributed by atoms with Crippen molar-refractivity contribution in [1.82, 2.24) is 15.1 Å². The highest BCUT2D eigenvalue weighted by atomic mass is 16.3. The molecule has 0 saturated carbocycles. The highest BCUT2D eigenvalue weighted by Gasteiger charge is 2.34. The lowest BCUT2D eigenvalue weighted by Crippen LogP contribution is -2.47. The Labute approximate surface area is 142 Å². The van der Waals surface area contributed by atoms with E-state index in [1.165, 1.54) is 0 Å². The Morgan fingerprint density at radius 1 is 1.21 bits per heavy atom. The summed E-state index contributed by atoms with van der Waals surface area (Å²) < 4.78 is 0. The molecule has 1 aliphatic heterocycles. The fourth-order valence-electron chi connectivity index (χ4n) is 3.63. The first-order valence-electron chi connectivity index (χ1n) is 8.50. The number of likely N-dealkylation sites (tertiary alicyclic amines) is 1. The maximum atomic E-state index is 12.6. The Kier molecular flexibility index (Phi) is 4.76. The summed E-state index contributed by atoms with van der Waals surface area (Å²) in [6, 6.07) is 7.52. The molecule has 1 aromatic rings. The summed E-state index contributed by atoms with van der Waals surface area (Å²) in [5, 5.41) is 13.3. The van der Waals surface area contributed by atoms with E-state index in [9.17, 15) is 14.7 Å². The van der Waals surface area contributed by atoms with Crippen molar-refractivity contribution in [1.29, 1.82) is 0 Å². The van der Waals surface area contributed by atoms with Crippen LogP contribution in [-0.2, 0) is 11.2 Å². The van der Waals surface area contributed by atoms with Gasteiger partial charge in [0.25, 0.3) is 0 Å². The molecule has 2 N–H and O–H groups in total. The number of urea groups is 1. The van der Waals surface area contributed by atoms with Crippen molar-refractivity contribution < 1.29 is 14.7 Å². The minimum Gasteiger partial charge on any atom is -0.390 e. The molecule has 2 atom stereocenters. The molecule has 0 radical (unpaired) electrons. The summed E-state index contributed by atoms with van der Waals surface area (Å²) in [6.45, 7) is 1.19. The van der Waals surface area contributed by atoms with Crippen LogP contribution in [-0.4, -0.2) is 60.1 Å². The van der Waals surface area contributed by atoms with Gasteiger partial charge in [0.15, 0.2) is 0 Å². The molecule has 0 unspecified atom stereocenters. The van der Waals surface area contributed by atoms with E-state index in [4.69, 9.17) is 0 Å². The summed E-state index contributed by atoms with van der Waals surface area (Å²) in [4.78, 5) is 27.9. The predicted octanol–water partition coefficient (Wildman–Crippen LogP) is 1.15. The molecule has 24 heavy (non-hydrogen) atoms. The normalized spacial score (nSPS) is 23.7. The zero-order valence-electron chi connectivity index (χ0n) is 14.2. The fraction of sp³-hybridized carbons (Fsp3) is 0.556. The van der Waals surface area contributed by atoms with E-state index in [1.807, 2.05) is 24.3 Å². The largest absolute Gasteiger partial charge is 0.390 e. The first-order valence-corrected chi connectivity index (χ1v) is 8.50. The zero-order valence-corrected chi connectivity index (χ0v) is 14.2. The summed E-state index contributed by atoms with van der Waals surface area (Å²) in [5.41, 5.74) is 2.11. The van der Waals surface area contributed by atoms with Crippen LogP contribution in [0.5, 0.6) is 0 Å². The Morgan fingerprint density at radius 2 is 1.88 bits per heavy atom. The number of fused-ring (bicyclic) bond motifs is 1. The topological polar surface area (TPSA) is 72.9 Å². The van der Waals surface area contributed by atoms with Crippen LogP contribution < -0.4 is 5.32 Å². The molecule has 3 amide bonds. The van der Waals surface area contributed by atoms with Gasteiger partial charge < -0.3 is 20.2 Å².